The van der Waals surface area contributed by atoms with Crippen molar-refractivity contribution in [3.05, 3.63) is 107 Å². The van der Waals surface area contributed by atoms with Crippen molar-refractivity contribution in [3.63, 3.8) is 0 Å². The molecular weight excluding hydrogens is 503 g/mol. The first kappa shape index (κ1) is 22.7. The van der Waals surface area contributed by atoms with E-state index in [1.165, 1.54) is 24.3 Å². The smallest absolute Gasteiger partial charge is 0.420 e. The summed E-state index contributed by atoms with van der Waals surface area (Å²) in [5.74, 6) is 0.692. The quantitative estimate of drug-likeness (QED) is 0.196. The molecule has 4 aromatic rings. The molecule has 0 radical (unpaired) electrons. The number of hydrogen-bond acceptors (Lipinski definition) is 3. The van der Waals surface area contributed by atoms with Crippen LogP contribution in [0.3, 0.4) is 0 Å². The fourth-order valence-electron chi connectivity index (χ4n) is 4.46. The van der Waals surface area contributed by atoms with Crippen LogP contribution in [0.2, 0.25) is 0 Å². The Morgan fingerprint density at radius 1 is 0.528 bits per heavy atom. The third-order valence-corrected chi connectivity index (χ3v) is 7.34. The molecule has 182 valence electrons. The van der Waals surface area contributed by atoms with E-state index in [1.54, 1.807) is 53.5 Å². The van der Waals surface area contributed by atoms with Gasteiger partial charge in [-0.15, -0.1) is 0 Å². The molecule has 0 N–H and O–H groups in total. The van der Waals surface area contributed by atoms with Crippen molar-refractivity contribution >= 4 is 41.6 Å². The van der Waals surface area contributed by atoms with Gasteiger partial charge in [-0.05, 0) is 45.8 Å². The molecule has 4 aromatic carbocycles. The van der Waals surface area contributed by atoms with Gasteiger partial charge in [-0.2, -0.15) is 26.3 Å². The van der Waals surface area contributed by atoms with Crippen LogP contribution in [-0.2, 0) is 21.4 Å². The van der Waals surface area contributed by atoms with E-state index in [0.717, 1.165) is 12.1 Å². The average molecular weight is 517 g/mol. The first-order valence-electron chi connectivity index (χ1n) is 10.7. The maximum absolute atomic E-state index is 13.5. The summed E-state index contributed by atoms with van der Waals surface area (Å²) < 4.78 is 94.5. The van der Waals surface area contributed by atoms with Crippen molar-refractivity contribution in [2.45, 2.75) is 12.4 Å². The molecule has 0 fully saturated rings. The molecule has 36 heavy (non-hydrogen) atoms. The van der Waals surface area contributed by atoms with Crippen molar-refractivity contribution in [3.8, 4) is 0 Å². The van der Waals surface area contributed by atoms with Gasteiger partial charge in [0.15, 0.2) is 11.5 Å². The highest BCUT2D eigenvalue weighted by atomic mass is 31.2. The van der Waals surface area contributed by atoms with E-state index >= 15 is 0 Å². The van der Waals surface area contributed by atoms with E-state index in [9.17, 15) is 26.3 Å². The Hall–Kier alpha value is -3.71. The second-order valence-corrected chi connectivity index (χ2v) is 9.50. The van der Waals surface area contributed by atoms with Crippen LogP contribution in [-0.4, -0.2) is 4.67 Å². The predicted molar refractivity (Wildman–Crippen MR) is 125 cm³/mol. The highest BCUT2D eigenvalue weighted by Crippen LogP contribution is 2.60. The first-order valence-corrected chi connectivity index (χ1v) is 11.8. The summed E-state index contributed by atoms with van der Waals surface area (Å²) in [6.45, 7) is 0. The van der Waals surface area contributed by atoms with Crippen LogP contribution in [0.25, 0.3) is 33.1 Å². The monoisotopic (exact) mass is 517 g/mol. The fraction of sp³-hybridized carbons (Fsp3) is 0.0769. The van der Waals surface area contributed by atoms with E-state index in [2.05, 4.69) is 0 Å². The summed E-state index contributed by atoms with van der Waals surface area (Å²) in [6.07, 6.45) is -5.75. The van der Waals surface area contributed by atoms with Crippen LogP contribution in [0.1, 0.15) is 22.3 Å². The lowest BCUT2D eigenvalue weighted by Crippen LogP contribution is -2.06. The molecule has 3 nitrogen and oxygen atoms in total. The maximum atomic E-state index is 13.5. The lowest BCUT2D eigenvalue weighted by Gasteiger charge is -2.16. The maximum Gasteiger partial charge on any atom is 0.421 e. The summed E-state index contributed by atoms with van der Waals surface area (Å²) >= 11 is 0. The third kappa shape index (κ3) is 3.66. The first-order chi connectivity index (χ1) is 17.1. The molecule has 2 heterocycles. The molecule has 0 atom stereocenters. The van der Waals surface area contributed by atoms with Crippen molar-refractivity contribution in [2.24, 2.45) is 0 Å². The van der Waals surface area contributed by atoms with Gasteiger partial charge in [-0.3, -0.25) is 4.67 Å². The molecule has 6 rings (SSSR count). The van der Waals surface area contributed by atoms with Crippen LogP contribution in [0, 0.1) is 0 Å². The number of fused-ring (bicyclic) bond motifs is 3. The van der Waals surface area contributed by atoms with Crippen molar-refractivity contribution in [2.75, 3.05) is 0 Å². The zero-order valence-corrected chi connectivity index (χ0v) is 19.0. The molecule has 0 unspecified atom stereocenters. The van der Waals surface area contributed by atoms with E-state index in [4.69, 9.17) is 9.05 Å². The molecular formula is C26H14F6NO2P. The number of alkyl halides is 6. The molecule has 2 aliphatic heterocycles. The summed E-state index contributed by atoms with van der Waals surface area (Å²) in [6, 6.07) is 17.2. The number of benzene rings is 4. The van der Waals surface area contributed by atoms with Gasteiger partial charge >= 0.3 is 20.9 Å². The van der Waals surface area contributed by atoms with E-state index in [-0.39, 0.29) is 10.8 Å². The summed E-state index contributed by atoms with van der Waals surface area (Å²) in [7, 11) is -1.69. The van der Waals surface area contributed by atoms with Crippen LogP contribution >= 0.6 is 8.53 Å². The molecule has 0 aromatic heterocycles. The van der Waals surface area contributed by atoms with E-state index in [0.29, 0.717) is 33.4 Å². The van der Waals surface area contributed by atoms with Crippen molar-refractivity contribution in [1.82, 2.24) is 4.67 Å². The zero-order chi connectivity index (χ0) is 25.2. The third-order valence-electron chi connectivity index (χ3n) is 6.03. The molecule has 0 saturated heterocycles. The van der Waals surface area contributed by atoms with Gasteiger partial charge in [0.2, 0.25) is 0 Å². The van der Waals surface area contributed by atoms with Crippen molar-refractivity contribution in [1.29, 1.82) is 0 Å². The zero-order valence-electron chi connectivity index (χ0n) is 18.1. The Morgan fingerprint density at radius 3 is 1.28 bits per heavy atom. The fourth-order valence-corrected chi connectivity index (χ4v) is 5.71. The van der Waals surface area contributed by atoms with Gasteiger partial charge in [0.25, 0.3) is 0 Å². The standard InChI is InChI=1S/C26H14F6NO2P/c27-25(28,29)21-11-9-19(15-5-1-3-7-17(15)21)23-13-33-14-24(35-36(33)34-23)20-10-12-22(26(30,31)32)18-8-4-2-6-16(18)20/h1-14H. The summed E-state index contributed by atoms with van der Waals surface area (Å²) in [4.78, 5) is 0. The SMILES string of the molecule is FC(F)(F)c1ccc(C2=CN3C=C(c4ccc(C(F)(F)F)c5ccccc45)OP3O2)c2ccccc12. The molecule has 2 aliphatic rings. The van der Waals surface area contributed by atoms with Crippen LogP contribution in [0.4, 0.5) is 26.3 Å². The Kier molecular flexibility index (Phi) is 4.99. The number of rotatable bonds is 2. The van der Waals surface area contributed by atoms with Gasteiger partial charge in [0.05, 0.1) is 23.5 Å². The van der Waals surface area contributed by atoms with Crippen LogP contribution in [0.5, 0.6) is 0 Å². The van der Waals surface area contributed by atoms with Gasteiger partial charge in [0, 0.05) is 11.1 Å². The Morgan fingerprint density at radius 2 is 0.917 bits per heavy atom. The topological polar surface area (TPSA) is 21.7 Å². The molecule has 0 bridgehead atoms. The number of nitrogens with zero attached hydrogens (tertiary/aromatic N) is 1. The Labute approximate surface area is 201 Å². The predicted octanol–water partition coefficient (Wildman–Crippen LogP) is 8.92. The normalized spacial score (nSPS) is 16.1. The minimum absolute atomic E-state index is 0.0558. The summed E-state index contributed by atoms with van der Waals surface area (Å²) in [5.41, 5.74) is -0.512. The summed E-state index contributed by atoms with van der Waals surface area (Å²) in [5, 5.41) is 0.878. The molecule has 0 spiro atoms. The minimum Gasteiger partial charge on any atom is -0.420 e. The van der Waals surface area contributed by atoms with E-state index < -0.39 is 32.0 Å². The van der Waals surface area contributed by atoms with Crippen LogP contribution in [0.15, 0.2) is 85.2 Å². The molecule has 0 amide bonds. The second-order valence-electron chi connectivity index (χ2n) is 8.20. The van der Waals surface area contributed by atoms with Gasteiger partial charge in [0.1, 0.15) is 0 Å². The van der Waals surface area contributed by atoms with Gasteiger partial charge < -0.3 is 9.05 Å². The second kappa shape index (κ2) is 7.90. The van der Waals surface area contributed by atoms with Crippen molar-refractivity contribution < 1.29 is 35.4 Å². The lowest BCUT2D eigenvalue weighted by molar-refractivity contribution is -0.137. The number of hydrogen-bond donors (Lipinski definition) is 0. The Balaban J connectivity index is 1.39. The molecule has 0 aliphatic carbocycles. The number of halogens is 6. The van der Waals surface area contributed by atoms with E-state index in [1.807, 2.05) is 0 Å². The Bertz CT molecular complexity index is 1470. The highest BCUT2D eigenvalue weighted by Gasteiger charge is 2.39. The minimum atomic E-state index is -4.50. The van der Waals surface area contributed by atoms with Crippen LogP contribution < -0.4 is 0 Å². The largest absolute Gasteiger partial charge is 0.421 e. The average Bonchev–Trinajstić information content (AvgIpc) is 3.41. The molecule has 10 heteroatoms. The molecule has 0 saturated carbocycles. The van der Waals surface area contributed by atoms with Gasteiger partial charge in [-0.1, -0.05) is 48.5 Å². The lowest BCUT2D eigenvalue weighted by atomic mass is 9.98. The van der Waals surface area contributed by atoms with Gasteiger partial charge in [-0.25, -0.2) is 0 Å². The highest BCUT2D eigenvalue weighted by molar-refractivity contribution is 7.46.